The number of aromatic nitrogens is 2. The zero-order valence-electron chi connectivity index (χ0n) is 8.25. The lowest BCUT2D eigenvalue weighted by Crippen LogP contribution is -2.13. The van der Waals surface area contributed by atoms with Crippen LogP contribution in [0.3, 0.4) is 0 Å². The Morgan fingerprint density at radius 3 is 3.06 bits per heavy atom. The molecule has 0 aliphatic carbocycles. The van der Waals surface area contributed by atoms with Crippen LogP contribution in [0.4, 0.5) is 5.00 Å². The minimum absolute atomic E-state index is 0.156. The average molecular weight is 235 g/mol. The van der Waals surface area contributed by atoms with Crippen molar-refractivity contribution in [1.82, 2.24) is 9.59 Å². The number of phenolic OH excluding ortho intramolecular Hbond substituents is 1. The minimum atomic E-state index is -0.156. The molecule has 0 saturated heterocycles. The molecule has 2 rings (SSSR count). The third-order valence-electron chi connectivity index (χ3n) is 1.90. The zero-order valence-corrected chi connectivity index (χ0v) is 9.07. The lowest BCUT2D eigenvalue weighted by atomic mass is 10.1. The van der Waals surface area contributed by atoms with Crippen LogP contribution in [0.15, 0.2) is 30.5 Å². The number of rotatable bonds is 3. The van der Waals surface area contributed by atoms with Crippen molar-refractivity contribution in [2.75, 3.05) is 5.32 Å². The molecule has 82 valence electrons. The van der Waals surface area contributed by atoms with E-state index in [2.05, 4.69) is 14.9 Å². The highest BCUT2D eigenvalue weighted by Gasteiger charge is 2.05. The van der Waals surface area contributed by atoms with Gasteiger partial charge in [-0.2, -0.15) is 0 Å². The van der Waals surface area contributed by atoms with E-state index in [0.29, 0.717) is 5.00 Å². The molecule has 0 aliphatic heterocycles. The molecular weight excluding hydrogens is 226 g/mol. The van der Waals surface area contributed by atoms with Crippen molar-refractivity contribution in [3.05, 3.63) is 36.0 Å². The highest BCUT2D eigenvalue weighted by atomic mass is 32.1. The summed E-state index contributed by atoms with van der Waals surface area (Å²) in [7, 11) is 0. The monoisotopic (exact) mass is 235 g/mol. The van der Waals surface area contributed by atoms with Gasteiger partial charge in [0, 0.05) is 11.5 Å². The molecule has 6 heteroatoms. The van der Waals surface area contributed by atoms with Gasteiger partial charge in [0.05, 0.1) is 12.6 Å². The van der Waals surface area contributed by atoms with Crippen molar-refractivity contribution in [1.29, 1.82) is 0 Å². The molecule has 0 aliphatic rings. The number of nitrogens with one attached hydrogen (secondary N) is 1. The van der Waals surface area contributed by atoms with E-state index in [1.807, 2.05) is 0 Å². The molecule has 0 bridgehead atoms. The predicted molar refractivity (Wildman–Crippen MR) is 60.3 cm³/mol. The van der Waals surface area contributed by atoms with Crippen LogP contribution in [0.5, 0.6) is 5.75 Å². The number of phenols is 1. The van der Waals surface area contributed by atoms with Gasteiger partial charge in [-0.3, -0.25) is 4.79 Å². The summed E-state index contributed by atoms with van der Waals surface area (Å²) in [5, 5.41) is 16.1. The molecule has 1 aromatic carbocycles. The number of amides is 1. The van der Waals surface area contributed by atoms with E-state index in [0.717, 1.165) is 17.1 Å². The maximum atomic E-state index is 11.5. The second kappa shape index (κ2) is 4.71. The number of hydrogen-bond acceptors (Lipinski definition) is 5. The van der Waals surface area contributed by atoms with Crippen LogP contribution in [0.2, 0.25) is 0 Å². The Labute approximate surface area is 95.9 Å². The topological polar surface area (TPSA) is 75.1 Å². The highest BCUT2D eigenvalue weighted by Crippen LogP contribution is 2.13. The van der Waals surface area contributed by atoms with Crippen LogP contribution < -0.4 is 5.32 Å². The number of benzene rings is 1. The molecule has 2 aromatic rings. The molecule has 1 amide bonds. The zero-order chi connectivity index (χ0) is 11.4. The van der Waals surface area contributed by atoms with Crippen molar-refractivity contribution in [2.24, 2.45) is 0 Å². The van der Waals surface area contributed by atoms with Gasteiger partial charge < -0.3 is 10.4 Å². The molecule has 5 nitrogen and oxygen atoms in total. The van der Waals surface area contributed by atoms with E-state index in [1.54, 1.807) is 24.3 Å². The number of hydrogen-bond donors (Lipinski definition) is 2. The lowest BCUT2D eigenvalue weighted by molar-refractivity contribution is -0.115. The van der Waals surface area contributed by atoms with Gasteiger partial charge in [-0.1, -0.05) is 16.6 Å². The van der Waals surface area contributed by atoms with E-state index in [-0.39, 0.29) is 18.1 Å². The Hall–Kier alpha value is -1.95. The van der Waals surface area contributed by atoms with Crippen molar-refractivity contribution in [2.45, 2.75) is 6.42 Å². The molecule has 16 heavy (non-hydrogen) atoms. The van der Waals surface area contributed by atoms with E-state index in [1.165, 1.54) is 6.20 Å². The molecule has 0 saturated carbocycles. The van der Waals surface area contributed by atoms with E-state index in [9.17, 15) is 9.90 Å². The SMILES string of the molecule is O=C(Cc1cccc(O)c1)Nc1cnns1. The fourth-order valence-electron chi connectivity index (χ4n) is 1.26. The summed E-state index contributed by atoms with van der Waals surface area (Å²) in [6.45, 7) is 0. The molecular formula is C10H9N3O2S. The first-order valence-electron chi connectivity index (χ1n) is 4.59. The van der Waals surface area contributed by atoms with Crippen LogP contribution in [0, 0.1) is 0 Å². The first-order chi connectivity index (χ1) is 7.74. The molecule has 0 fully saturated rings. The quantitative estimate of drug-likeness (QED) is 0.843. The third-order valence-corrected chi connectivity index (χ3v) is 2.48. The summed E-state index contributed by atoms with van der Waals surface area (Å²) in [6, 6.07) is 6.61. The number of nitrogens with zero attached hydrogens (tertiary/aromatic N) is 2. The van der Waals surface area contributed by atoms with Gasteiger partial charge in [-0.05, 0) is 17.7 Å². The average Bonchev–Trinajstić information content (AvgIpc) is 2.70. The number of aromatic hydroxyl groups is 1. The van der Waals surface area contributed by atoms with Gasteiger partial charge in [-0.25, -0.2) is 0 Å². The van der Waals surface area contributed by atoms with Crippen LogP contribution in [0.1, 0.15) is 5.56 Å². The maximum absolute atomic E-state index is 11.5. The summed E-state index contributed by atoms with van der Waals surface area (Å²) >= 11 is 1.12. The standard InChI is InChI=1S/C10H9N3O2S/c14-8-3-1-2-7(4-8)5-9(15)12-10-6-11-13-16-10/h1-4,6,14H,5H2,(H,12,15). The molecule has 0 spiro atoms. The van der Waals surface area contributed by atoms with Crippen LogP contribution in [-0.4, -0.2) is 20.6 Å². The normalized spacial score (nSPS) is 10.0. The summed E-state index contributed by atoms with van der Waals surface area (Å²) in [5.74, 6) is 0.00130. The number of carbonyl (C=O) groups is 1. The molecule has 0 unspecified atom stereocenters. The summed E-state index contributed by atoms with van der Waals surface area (Å²) in [4.78, 5) is 11.5. The van der Waals surface area contributed by atoms with Crippen LogP contribution in [-0.2, 0) is 11.2 Å². The first-order valence-corrected chi connectivity index (χ1v) is 5.36. The smallest absolute Gasteiger partial charge is 0.229 e. The molecule has 1 aromatic heterocycles. The Morgan fingerprint density at radius 1 is 1.50 bits per heavy atom. The molecule has 0 atom stereocenters. The molecule has 0 radical (unpaired) electrons. The molecule has 1 heterocycles. The number of anilines is 1. The highest BCUT2D eigenvalue weighted by molar-refractivity contribution is 7.10. The first kappa shape index (κ1) is 10.6. The Balaban J connectivity index is 1.97. The second-order valence-electron chi connectivity index (χ2n) is 3.18. The third kappa shape index (κ3) is 2.77. The maximum Gasteiger partial charge on any atom is 0.229 e. The number of carbonyl (C=O) groups excluding carboxylic acids is 1. The fraction of sp³-hybridized carbons (Fsp3) is 0.100. The largest absolute Gasteiger partial charge is 0.508 e. The van der Waals surface area contributed by atoms with Gasteiger partial charge in [0.2, 0.25) is 5.91 Å². The van der Waals surface area contributed by atoms with Gasteiger partial charge in [0.1, 0.15) is 10.8 Å². The van der Waals surface area contributed by atoms with Gasteiger partial charge in [0.25, 0.3) is 0 Å². The van der Waals surface area contributed by atoms with Crippen molar-refractivity contribution >= 4 is 22.4 Å². The minimum Gasteiger partial charge on any atom is -0.508 e. The summed E-state index contributed by atoms with van der Waals surface area (Å²) in [6.07, 6.45) is 1.71. The Bertz CT molecular complexity index is 485. The van der Waals surface area contributed by atoms with E-state index in [4.69, 9.17) is 0 Å². The van der Waals surface area contributed by atoms with Gasteiger partial charge >= 0.3 is 0 Å². The van der Waals surface area contributed by atoms with Crippen molar-refractivity contribution in [3.63, 3.8) is 0 Å². The predicted octanol–water partition coefficient (Wildman–Crippen LogP) is 1.42. The summed E-state index contributed by atoms with van der Waals surface area (Å²) in [5.41, 5.74) is 0.759. The Kier molecular flexibility index (Phi) is 3.11. The van der Waals surface area contributed by atoms with E-state index >= 15 is 0 Å². The van der Waals surface area contributed by atoms with E-state index < -0.39 is 0 Å². The van der Waals surface area contributed by atoms with Crippen molar-refractivity contribution in [3.8, 4) is 5.75 Å². The fourth-order valence-corrected chi connectivity index (χ4v) is 1.69. The van der Waals surface area contributed by atoms with Gasteiger partial charge in [-0.15, -0.1) is 5.10 Å². The molecule has 2 N–H and O–H groups in total. The van der Waals surface area contributed by atoms with Crippen LogP contribution >= 0.6 is 11.5 Å². The van der Waals surface area contributed by atoms with Crippen LogP contribution in [0.25, 0.3) is 0 Å². The van der Waals surface area contributed by atoms with Crippen molar-refractivity contribution < 1.29 is 9.90 Å². The Morgan fingerprint density at radius 2 is 2.38 bits per heavy atom. The second-order valence-corrected chi connectivity index (χ2v) is 3.96. The lowest BCUT2D eigenvalue weighted by Gasteiger charge is -2.02. The summed E-state index contributed by atoms with van der Waals surface area (Å²) < 4.78 is 3.63. The van der Waals surface area contributed by atoms with Gasteiger partial charge in [0.15, 0.2) is 0 Å².